The van der Waals surface area contributed by atoms with Crippen molar-refractivity contribution in [2.24, 2.45) is 0 Å². The molecule has 0 aliphatic heterocycles. The number of hydrogen-bond acceptors (Lipinski definition) is 5. The summed E-state index contributed by atoms with van der Waals surface area (Å²) in [4.78, 5) is 23.7. The molecule has 2 N–H and O–H groups in total. The van der Waals surface area contributed by atoms with Gasteiger partial charge in [0.15, 0.2) is 11.5 Å². The van der Waals surface area contributed by atoms with Gasteiger partial charge in [0.2, 0.25) is 0 Å². The van der Waals surface area contributed by atoms with Crippen molar-refractivity contribution >= 4 is 46.2 Å². The number of ether oxygens (including phenoxy) is 2. The van der Waals surface area contributed by atoms with E-state index in [1.54, 1.807) is 30.3 Å². The van der Waals surface area contributed by atoms with E-state index < -0.39 is 11.9 Å². The highest BCUT2D eigenvalue weighted by Crippen LogP contribution is 2.35. The third kappa shape index (κ3) is 6.11. The number of nitrogens with zero attached hydrogens (tertiary/aromatic N) is 1. The lowest BCUT2D eigenvalue weighted by Crippen LogP contribution is -2.14. The molecule has 0 saturated carbocycles. The van der Waals surface area contributed by atoms with E-state index >= 15 is 0 Å². The zero-order valence-corrected chi connectivity index (χ0v) is 20.0. The smallest absolute Gasteiger partial charge is 0.335 e. The third-order valence-corrected chi connectivity index (χ3v) is 5.43. The third-order valence-electron chi connectivity index (χ3n) is 4.63. The van der Waals surface area contributed by atoms with E-state index in [1.165, 1.54) is 43.5 Å². The highest BCUT2D eigenvalue weighted by molar-refractivity contribution is 14.1. The first-order chi connectivity index (χ1) is 16.3. The van der Waals surface area contributed by atoms with E-state index in [2.05, 4.69) is 5.32 Å². The van der Waals surface area contributed by atoms with Crippen LogP contribution in [-0.4, -0.2) is 24.1 Å². The topological polar surface area (TPSA) is 109 Å². The molecule has 0 heterocycles. The lowest BCUT2D eigenvalue weighted by Gasteiger charge is -2.14. The molecule has 0 aromatic heterocycles. The molecule has 7 nitrogen and oxygen atoms in total. The zero-order valence-electron chi connectivity index (χ0n) is 17.8. The minimum Gasteiger partial charge on any atom is -0.493 e. The Morgan fingerprint density at radius 1 is 1.18 bits per heavy atom. The standard InChI is InChI=1S/C25H18FIN2O5/c1-33-22-11-15(10-21(27)23(22)34-14-17-5-2-3-8-20(17)26)9-18(13-28)24(30)29-19-7-4-6-16(12-19)25(31)32/h2-12H,14H2,1H3,(H,29,30)(H,31,32)/b18-9-. The molecule has 0 spiro atoms. The number of nitrogens with one attached hydrogen (secondary N) is 1. The van der Waals surface area contributed by atoms with Gasteiger partial charge in [-0.05, 0) is 70.6 Å². The van der Waals surface area contributed by atoms with Crippen molar-refractivity contribution in [3.05, 3.63) is 92.3 Å². The van der Waals surface area contributed by atoms with Gasteiger partial charge in [0.05, 0.1) is 16.2 Å². The molecule has 0 aliphatic carbocycles. The van der Waals surface area contributed by atoms with E-state index in [9.17, 15) is 19.2 Å². The minimum atomic E-state index is -1.13. The number of carbonyl (C=O) groups excluding carboxylic acids is 1. The summed E-state index contributed by atoms with van der Waals surface area (Å²) in [6, 6.07) is 17.1. The summed E-state index contributed by atoms with van der Waals surface area (Å²) in [5, 5.41) is 21.1. The molecule has 3 aromatic rings. The summed E-state index contributed by atoms with van der Waals surface area (Å²) in [5.74, 6) is -1.46. The molecule has 0 aliphatic rings. The Bertz CT molecular complexity index is 1320. The molecule has 0 unspecified atom stereocenters. The van der Waals surface area contributed by atoms with Crippen molar-refractivity contribution in [1.29, 1.82) is 5.26 Å². The van der Waals surface area contributed by atoms with Crippen molar-refractivity contribution in [1.82, 2.24) is 0 Å². The number of methoxy groups -OCH3 is 1. The van der Waals surface area contributed by atoms with Crippen LogP contribution in [0.1, 0.15) is 21.5 Å². The SMILES string of the molecule is COc1cc(/C=C(/C#N)C(=O)Nc2cccc(C(=O)O)c2)cc(I)c1OCc1ccccc1F. The monoisotopic (exact) mass is 572 g/mol. The summed E-state index contributed by atoms with van der Waals surface area (Å²) in [6.07, 6.45) is 1.38. The van der Waals surface area contributed by atoms with E-state index in [0.29, 0.717) is 26.2 Å². The minimum absolute atomic E-state index is 0.00449. The first-order valence-electron chi connectivity index (χ1n) is 9.82. The number of carbonyl (C=O) groups is 2. The van der Waals surface area contributed by atoms with Crippen LogP contribution >= 0.6 is 22.6 Å². The average Bonchev–Trinajstić information content (AvgIpc) is 2.82. The number of anilines is 1. The average molecular weight is 572 g/mol. The van der Waals surface area contributed by atoms with E-state index in [4.69, 9.17) is 14.6 Å². The summed E-state index contributed by atoms with van der Waals surface area (Å²) in [5.41, 5.74) is 0.949. The molecule has 0 radical (unpaired) electrons. The van der Waals surface area contributed by atoms with E-state index in [0.717, 1.165) is 0 Å². The fraction of sp³-hybridized carbons (Fsp3) is 0.0800. The normalized spacial score (nSPS) is 10.8. The molecule has 0 atom stereocenters. The second-order valence-corrected chi connectivity index (χ2v) is 8.09. The van der Waals surface area contributed by atoms with Gasteiger partial charge < -0.3 is 19.9 Å². The van der Waals surface area contributed by atoms with Gasteiger partial charge in [-0.2, -0.15) is 5.26 Å². The molecular weight excluding hydrogens is 554 g/mol. The lowest BCUT2D eigenvalue weighted by atomic mass is 10.1. The van der Waals surface area contributed by atoms with Crippen molar-refractivity contribution in [3.63, 3.8) is 0 Å². The predicted octanol–water partition coefficient (Wildman–Crippen LogP) is 5.26. The van der Waals surface area contributed by atoms with Crippen molar-refractivity contribution in [2.75, 3.05) is 12.4 Å². The van der Waals surface area contributed by atoms with Gasteiger partial charge in [-0.1, -0.05) is 24.3 Å². The molecule has 9 heteroatoms. The Labute approximate surface area is 208 Å². The lowest BCUT2D eigenvalue weighted by molar-refractivity contribution is -0.112. The number of nitriles is 1. The Morgan fingerprint density at radius 3 is 2.62 bits per heavy atom. The van der Waals surface area contributed by atoms with Crippen LogP contribution in [0.15, 0.2) is 66.2 Å². The Balaban J connectivity index is 1.83. The number of carboxylic acid groups (broad SMARTS) is 1. The van der Waals surface area contributed by atoms with Crippen LogP contribution < -0.4 is 14.8 Å². The van der Waals surface area contributed by atoms with Crippen LogP contribution in [-0.2, 0) is 11.4 Å². The van der Waals surface area contributed by atoms with Crippen molar-refractivity contribution in [2.45, 2.75) is 6.61 Å². The van der Waals surface area contributed by atoms with Crippen LogP contribution in [0.2, 0.25) is 0 Å². The summed E-state index contributed by atoms with van der Waals surface area (Å²) >= 11 is 2.02. The van der Waals surface area contributed by atoms with Gasteiger partial charge in [-0.3, -0.25) is 4.79 Å². The number of rotatable bonds is 8. The maximum absolute atomic E-state index is 13.9. The quantitative estimate of drug-likeness (QED) is 0.217. The van der Waals surface area contributed by atoms with Gasteiger partial charge in [0.1, 0.15) is 24.1 Å². The van der Waals surface area contributed by atoms with Crippen LogP contribution in [0, 0.1) is 20.7 Å². The fourth-order valence-electron chi connectivity index (χ4n) is 2.97. The molecular formula is C25H18FIN2O5. The van der Waals surface area contributed by atoms with Gasteiger partial charge in [0, 0.05) is 11.3 Å². The molecule has 3 aromatic carbocycles. The number of benzene rings is 3. The van der Waals surface area contributed by atoms with E-state index in [-0.39, 0.29) is 29.2 Å². The fourth-order valence-corrected chi connectivity index (χ4v) is 3.75. The molecule has 0 saturated heterocycles. The van der Waals surface area contributed by atoms with Gasteiger partial charge >= 0.3 is 5.97 Å². The van der Waals surface area contributed by atoms with Crippen LogP contribution in [0.3, 0.4) is 0 Å². The van der Waals surface area contributed by atoms with Gasteiger partial charge in [-0.25, -0.2) is 9.18 Å². The Kier molecular flexibility index (Phi) is 8.21. The second kappa shape index (κ2) is 11.3. The highest BCUT2D eigenvalue weighted by atomic mass is 127. The maximum atomic E-state index is 13.9. The van der Waals surface area contributed by atoms with E-state index in [1.807, 2.05) is 28.7 Å². The number of amides is 1. The first kappa shape index (κ1) is 24.7. The molecule has 172 valence electrons. The van der Waals surface area contributed by atoms with Crippen molar-refractivity contribution in [3.8, 4) is 17.6 Å². The largest absolute Gasteiger partial charge is 0.493 e. The molecule has 34 heavy (non-hydrogen) atoms. The second-order valence-electron chi connectivity index (χ2n) is 6.92. The highest BCUT2D eigenvalue weighted by Gasteiger charge is 2.15. The van der Waals surface area contributed by atoms with Gasteiger partial charge in [0.25, 0.3) is 5.91 Å². The Hall–Kier alpha value is -3.91. The summed E-state index contributed by atoms with van der Waals surface area (Å²) in [7, 11) is 1.45. The number of aromatic carboxylic acids is 1. The molecule has 1 amide bonds. The number of hydrogen-bond donors (Lipinski definition) is 2. The van der Waals surface area contributed by atoms with Crippen LogP contribution in [0.25, 0.3) is 6.08 Å². The van der Waals surface area contributed by atoms with Gasteiger partial charge in [-0.15, -0.1) is 0 Å². The number of halogens is 2. The van der Waals surface area contributed by atoms with Crippen LogP contribution in [0.4, 0.5) is 10.1 Å². The summed E-state index contributed by atoms with van der Waals surface area (Å²) in [6.45, 7) is -0.00449. The van der Waals surface area contributed by atoms with Crippen LogP contribution in [0.5, 0.6) is 11.5 Å². The first-order valence-corrected chi connectivity index (χ1v) is 10.9. The summed E-state index contributed by atoms with van der Waals surface area (Å²) < 4.78 is 25.7. The van der Waals surface area contributed by atoms with Crippen molar-refractivity contribution < 1.29 is 28.6 Å². The Morgan fingerprint density at radius 2 is 1.94 bits per heavy atom. The molecule has 0 bridgehead atoms. The maximum Gasteiger partial charge on any atom is 0.335 e. The zero-order chi connectivity index (χ0) is 24.7. The number of carboxylic acids is 1. The molecule has 0 fully saturated rings. The molecule has 3 rings (SSSR count). The predicted molar refractivity (Wildman–Crippen MR) is 132 cm³/mol.